The number of hydrogen-bond acceptors (Lipinski definition) is 5. The van der Waals surface area contributed by atoms with Crippen LogP contribution in [0.2, 0.25) is 0 Å². The Balaban J connectivity index is 2.68. The van der Waals surface area contributed by atoms with E-state index >= 15 is 0 Å². The summed E-state index contributed by atoms with van der Waals surface area (Å²) in [5.41, 5.74) is 1.50. The van der Waals surface area contributed by atoms with Crippen LogP contribution < -0.4 is 5.32 Å². The SMILES string of the molecule is COC(=O)c1ccc(C)c(NC(=O)COCC(=O)O)c1. The molecule has 0 aliphatic heterocycles. The van der Waals surface area contributed by atoms with Gasteiger partial charge in [-0.15, -0.1) is 0 Å². The fourth-order valence-electron chi connectivity index (χ4n) is 1.42. The van der Waals surface area contributed by atoms with Crippen LogP contribution in [0.25, 0.3) is 0 Å². The van der Waals surface area contributed by atoms with Gasteiger partial charge in [0, 0.05) is 5.69 Å². The molecule has 20 heavy (non-hydrogen) atoms. The van der Waals surface area contributed by atoms with Crippen LogP contribution in [0.1, 0.15) is 15.9 Å². The van der Waals surface area contributed by atoms with Gasteiger partial charge in [0.25, 0.3) is 0 Å². The number of esters is 1. The zero-order valence-electron chi connectivity index (χ0n) is 11.1. The smallest absolute Gasteiger partial charge is 0.337 e. The lowest BCUT2D eigenvalue weighted by atomic mass is 10.1. The minimum absolute atomic E-state index is 0.305. The predicted molar refractivity (Wildman–Crippen MR) is 69.6 cm³/mol. The van der Waals surface area contributed by atoms with E-state index in [0.717, 1.165) is 5.56 Å². The third-order valence-electron chi connectivity index (χ3n) is 2.39. The molecule has 0 aliphatic carbocycles. The normalized spacial score (nSPS) is 9.90. The molecule has 7 nitrogen and oxygen atoms in total. The average molecular weight is 281 g/mol. The van der Waals surface area contributed by atoms with Gasteiger partial charge in [-0.1, -0.05) is 6.07 Å². The number of nitrogens with one attached hydrogen (secondary N) is 1. The summed E-state index contributed by atoms with van der Waals surface area (Å²) in [7, 11) is 1.26. The number of aliphatic carboxylic acids is 1. The van der Waals surface area contributed by atoms with Gasteiger partial charge in [0.1, 0.15) is 13.2 Å². The Labute approximate surface area is 115 Å². The van der Waals surface area contributed by atoms with Gasteiger partial charge in [-0.2, -0.15) is 0 Å². The summed E-state index contributed by atoms with van der Waals surface area (Å²) in [4.78, 5) is 33.2. The van der Waals surface area contributed by atoms with Crippen LogP contribution in [0.4, 0.5) is 5.69 Å². The van der Waals surface area contributed by atoms with Gasteiger partial charge in [0.15, 0.2) is 0 Å². The van der Waals surface area contributed by atoms with E-state index in [4.69, 9.17) is 5.11 Å². The highest BCUT2D eigenvalue weighted by Crippen LogP contribution is 2.17. The van der Waals surface area contributed by atoms with E-state index in [1.165, 1.54) is 13.2 Å². The zero-order valence-corrected chi connectivity index (χ0v) is 11.1. The molecule has 1 aromatic carbocycles. The van der Waals surface area contributed by atoms with Crippen LogP contribution in [0.15, 0.2) is 18.2 Å². The maximum absolute atomic E-state index is 11.6. The Kier molecular flexibility index (Phi) is 5.67. The van der Waals surface area contributed by atoms with E-state index in [1.807, 2.05) is 0 Å². The van der Waals surface area contributed by atoms with Crippen LogP contribution in [0.5, 0.6) is 0 Å². The van der Waals surface area contributed by atoms with Crippen molar-refractivity contribution in [2.45, 2.75) is 6.92 Å². The molecule has 0 aliphatic rings. The molecule has 2 N–H and O–H groups in total. The van der Waals surface area contributed by atoms with Crippen molar-refractivity contribution in [3.63, 3.8) is 0 Å². The van der Waals surface area contributed by atoms with Gasteiger partial charge in [-0.25, -0.2) is 9.59 Å². The number of carboxylic acids is 1. The molecule has 1 aromatic rings. The fourth-order valence-corrected chi connectivity index (χ4v) is 1.42. The fraction of sp³-hybridized carbons (Fsp3) is 0.308. The zero-order chi connectivity index (χ0) is 15.1. The summed E-state index contributed by atoms with van der Waals surface area (Å²) in [5, 5.41) is 10.9. The first-order valence-corrected chi connectivity index (χ1v) is 5.72. The topological polar surface area (TPSA) is 102 Å². The molecule has 7 heteroatoms. The molecule has 0 unspecified atom stereocenters. The Morgan fingerprint density at radius 1 is 1.25 bits per heavy atom. The minimum atomic E-state index is -1.15. The number of carbonyl (C=O) groups is 3. The third-order valence-corrected chi connectivity index (χ3v) is 2.39. The molecule has 108 valence electrons. The lowest BCUT2D eigenvalue weighted by molar-refractivity contribution is -0.143. The van der Waals surface area contributed by atoms with Crippen LogP contribution in [0.3, 0.4) is 0 Å². The molecule has 0 saturated carbocycles. The summed E-state index contributed by atoms with van der Waals surface area (Å²) in [6, 6.07) is 4.73. The molecular formula is C13H15NO6. The summed E-state index contributed by atoms with van der Waals surface area (Å²) in [6.45, 7) is 0.831. The Morgan fingerprint density at radius 3 is 2.55 bits per heavy atom. The molecule has 0 fully saturated rings. The number of carbonyl (C=O) groups excluding carboxylic acids is 2. The summed E-state index contributed by atoms with van der Waals surface area (Å²) < 4.78 is 9.25. The van der Waals surface area contributed by atoms with E-state index in [2.05, 4.69) is 14.8 Å². The van der Waals surface area contributed by atoms with Crippen LogP contribution >= 0.6 is 0 Å². The van der Waals surface area contributed by atoms with Crippen molar-refractivity contribution in [2.75, 3.05) is 25.6 Å². The number of ether oxygens (including phenoxy) is 2. The maximum atomic E-state index is 11.6. The van der Waals surface area contributed by atoms with Crippen LogP contribution in [-0.2, 0) is 19.1 Å². The predicted octanol–water partition coefficient (Wildman–Crippen LogP) is 0.821. The molecule has 0 heterocycles. The molecule has 0 radical (unpaired) electrons. The number of hydrogen-bond donors (Lipinski definition) is 2. The van der Waals surface area contributed by atoms with Crippen molar-refractivity contribution in [3.8, 4) is 0 Å². The molecule has 0 spiro atoms. The Bertz CT molecular complexity index is 526. The molecule has 1 rings (SSSR count). The molecule has 1 amide bonds. The van der Waals surface area contributed by atoms with E-state index in [9.17, 15) is 14.4 Å². The number of amides is 1. The second-order valence-corrected chi connectivity index (χ2v) is 3.96. The second-order valence-electron chi connectivity index (χ2n) is 3.96. The van der Waals surface area contributed by atoms with E-state index in [-0.39, 0.29) is 6.61 Å². The third kappa shape index (κ3) is 4.69. The highest BCUT2D eigenvalue weighted by Gasteiger charge is 2.10. The summed E-state index contributed by atoms with van der Waals surface area (Å²) in [6.07, 6.45) is 0. The number of anilines is 1. The first kappa shape index (κ1) is 15.6. The lowest BCUT2D eigenvalue weighted by Gasteiger charge is -2.10. The molecule has 0 bridgehead atoms. The van der Waals surface area contributed by atoms with Crippen molar-refractivity contribution in [2.24, 2.45) is 0 Å². The monoisotopic (exact) mass is 281 g/mol. The van der Waals surface area contributed by atoms with Gasteiger partial charge >= 0.3 is 11.9 Å². The number of aryl methyl sites for hydroxylation is 1. The van der Waals surface area contributed by atoms with Gasteiger partial charge in [0.05, 0.1) is 12.7 Å². The molecular weight excluding hydrogens is 266 g/mol. The van der Waals surface area contributed by atoms with Crippen molar-refractivity contribution in [3.05, 3.63) is 29.3 Å². The number of methoxy groups -OCH3 is 1. The number of carboxylic acid groups (broad SMARTS) is 1. The average Bonchev–Trinajstić information content (AvgIpc) is 2.40. The van der Waals surface area contributed by atoms with Crippen LogP contribution in [-0.4, -0.2) is 43.3 Å². The van der Waals surface area contributed by atoms with E-state index in [1.54, 1.807) is 19.1 Å². The first-order chi connectivity index (χ1) is 9.43. The molecule has 0 atom stereocenters. The highest BCUT2D eigenvalue weighted by atomic mass is 16.5. The Morgan fingerprint density at radius 2 is 1.95 bits per heavy atom. The van der Waals surface area contributed by atoms with Crippen molar-refractivity contribution >= 4 is 23.5 Å². The highest BCUT2D eigenvalue weighted by molar-refractivity contribution is 5.95. The van der Waals surface area contributed by atoms with Crippen molar-refractivity contribution in [1.82, 2.24) is 0 Å². The molecule has 0 aromatic heterocycles. The van der Waals surface area contributed by atoms with E-state index < -0.39 is 24.5 Å². The van der Waals surface area contributed by atoms with Crippen molar-refractivity contribution < 1.29 is 29.0 Å². The Hall–Kier alpha value is -2.41. The summed E-state index contributed by atoms with van der Waals surface area (Å²) >= 11 is 0. The standard InChI is InChI=1S/C13H15NO6/c1-8-3-4-9(13(18)19-2)5-10(8)14-11(15)6-20-7-12(16)17/h3-5H,6-7H2,1-2H3,(H,14,15)(H,16,17). The minimum Gasteiger partial charge on any atom is -0.480 e. The lowest BCUT2D eigenvalue weighted by Crippen LogP contribution is -2.21. The van der Waals surface area contributed by atoms with Crippen LogP contribution in [0, 0.1) is 6.92 Å². The van der Waals surface area contributed by atoms with Crippen molar-refractivity contribution in [1.29, 1.82) is 0 Å². The number of benzene rings is 1. The van der Waals surface area contributed by atoms with Gasteiger partial charge < -0.3 is 19.9 Å². The second kappa shape index (κ2) is 7.25. The summed E-state index contributed by atoms with van der Waals surface area (Å²) in [5.74, 6) is -2.17. The van der Waals surface area contributed by atoms with E-state index in [0.29, 0.717) is 11.3 Å². The largest absolute Gasteiger partial charge is 0.480 e. The van der Waals surface area contributed by atoms with Gasteiger partial charge in [-0.3, -0.25) is 4.79 Å². The quantitative estimate of drug-likeness (QED) is 0.748. The molecule has 0 saturated heterocycles. The number of rotatable bonds is 6. The first-order valence-electron chi connectivity index (χ1n) is 5.72. The van der Waals surface area contributed by atoms with Gasteiger partial charge in [-0.05, 0) is 24.6 Å². The van der Waals surface area contributed by atoms with Gasteiger partial charge in [0.2, 0.25) is 5.91 Å². The maximum Gasteiger partial charge on any atom is 0.337 e.